The maximum absolute atomic E-state index is 10.6. The standard InChI is InChI=1S/C15H14Br2O2/c1-9-3-5-13(17)11(7-9)15(18)12-8-10(16)4-6-14(12)19-2/h3-8,15,18H,1-2H3. The van der Waals surface area contributed by atoms with Crippen LogP contribution in [0.3, 0.4) is 0 Å². The molecule has 0 aliphatic carbocycles. The smallest absolute Gasteiger partial charge is 0.125 e. The molecule has 0 saturated heterocycles. The molecule has 0 amide bonds. The van der Waals surface area contributed by atoms with Crippen LogP contribution in [0.15, 0.2) is 45.3 Å². The van der Waals surface area contributed by atoms with Crippen molar-refractivity contribution in [2.45, 2.75) is 13.0 Å². The zero-order valence-corrected chi connectivity index (χ0v) is 13.8. The average molecular weight is 386 g/mol. The summed E-state index contributed by atoms with van der Waals surface area (Å²) in [6.45, 7) is 2.00. The topological polar surface area (TPSA) is 29.5 Å². The first-order valence-corrected chi connectivity index (χ1v) is 7.39. The molecule has 2 rings (SSSR count). The van der Waals surface area contributed by atoms with Gasteiger partial charge in [-0.05, 0) is 36.8 Å². The molecule has 2 aromatic carbocycles. The summed E-state index contributed by atoms with van der Waals surface area (Å²) in [5.41, 5.74) is 2.67. The SMILES string of the molecule is COc1ccc(Br)cc1C(O)c1cc(C)ccc1Br. The normalized spacial score (nSPS) is 12.3. The summed E-state index contributed by atoms with van der Waals surface area (Å²) in [6, 6.07) is 11.5. The summed E-state index contributed by atoms with van der Waals surface area (Å²) in [5.74, 6) is 0.670. The highest BCUT2D eigenvalue weighted by atomic mass is 79.9. The molecule has 0 radical (unpaired) electrons. The predicted molar refractivity (Wildman–Crippen MR) is 83.6 cm³/mol. The maximum atomic E-state index is 10.6. The van der Waals surface area contributed by atoms with Gasteiger partial charge in [0.25, 0.3) is 0 Å². The molecule has 0 fully saturated rings. The second-order valence-corrected chi connectivity index (χ2v) is 6.08. The summed E-state index contributed by atoms with van der Waals surface area (Å²) < 4.78 is 7.11. The van der Waals surface area contributed by atoms with Crippen LogP contribution in [0, 0.1) is 6.92 Å². The number of benzene rings is 2. The van der Waals surface area contributed by atoms with Gasteiger partial charge in [-0.2, -0.15) is 0 Å². The van der Waals surface area contributed by atoms with E-state index in [9.17, 15) is 5.11 Å². The molecule has 1 N–H and O–H groups in total. The van der Waals surface area contributed by atoms with Gasteiger partial charge in [0.15, 0.2) is 0 Å². The minimum absolute atomic E-state index is 0.670. The Labute approximate surface area is 129 Å². The highest BCUT2D eigenvalue weighted by Crippen LogP contribution is 2.35. The highest BCUT2D eigenvalue weighted by Gasteiger charge is 2.18. The fourth-order valence-electron chi connectivity index (χ4n) is 1.96. The third-order valence-electron chi connectivity index (χ3n) is 2.93. The van der Waals surface area contributed by atoms with Crippen molar-refractivity contribution in [2.24, 2.45) is 0 Å². The van der Waals surface area contributed by atoms with Gasteiger partial charge in [0.05, 0.1) is 7.11 Å². The molecule has 1 atom stereocenters. The van der Waals surface area contributed by atoms with Gasteiger partial charge in [-0.3, -0.25) is 0 Å². The van der Waals surface area contributed by atoms with Gasteiger partial charge in [0, 0.05) is 14.5 Å². The van der Waals surface area contributed by atoms with Gasteiger partial charge >= 0.3 is 0 Å². The lowest BCUT2D eigenvalue weighted by Gasteiger charge is -2.17. The summed E-state index contributed by atoms with van der Waals surface area (Å²) >= 11 is 6.90. The third-order valence-corrected chi connectivity index (χ3v) is 4.15. The van der Waals surface area contributed by atoms with Crippen molar-refractivity contribution in [1.29, 1.82) is 0 Å². The summed E-state index contributed by atoms with van der Waals surface area (Å²) in [4.78, 5) is 0. The number of halogens is 2. The van der Waals surface area contributed by atoms with E-state index in [4.69, 9.17) is 4.74 Å². The summed E-state index contributed by atoms with van der Waals surface area (Å²) in [7, 11) is 1.60. The van der Waals surface area contributed by atoms with Crippen LogP contribution >= 0.6 is 31.9 Å². The van der Waals surface area contributed by atoms with E-state index >= 15 is 0 Å². The van der Waals surface area contributed by atoms with Crippen LogP contribution in [0.4, 0.5) is 0 Å². The predicted octanol–water partition coefficient (Wildman–Crippen LogP) is 4.61. The van der Waals surface area contributed by atoms with Crippen LogP contribution in [0.2, 0.25) is 0 Å². The molecule has 0 aliphatic heterocycles. The van der Waals surface area contributed by atoms with Crippen molar-refractivity contribution < 1.29 is 9.84 Å². The number of hydrogen-bond donors (Lipinski definition) is 1. The van der Waals surface area contributed by atoms with Crippen LogP contribution in [0.25, 0.3) is 0 Å². The van der Waals surface area contributed by atoms with Crippen molar-refractivity contribution in [2.75, 3.05) is 7.11 Å². The Morgan fingerprint density at radius 1 is 1.05 bits per heavy atom. The molecular formula is C15H14Br2O2. The van der Waals surface area contributed by atoms with Crippen molar-refractivity contribution >= 4 is 31.9 Å². The molecule has 0 saturated carbocycles. The number of hydrogen-bond acceptors (Lipinski definition) is 2. The van der Waals surface area contributed by atoms with Crippen LogP contribution in [-0.4, -0.2) is 12.2 Å². The van der Waals surface area contributed by atoms with E-state index in [0.29, 0.717) is 5.75 Å². The minimum Gasteiger partial charge on any atom is -0.496 e. The molecule has 19 heavy (non-hydrogen) atoms. The number of aryl methyl sites for hydroxylation is 1. The summed E-state index contributed by atoms with van der Waals surface area (Å²) in [5, 5.41) is 10.6. The number of aliphatic hydroxyl groups excluding tert-OH is 1. The highest BCUT2D eigenvalue weighted by molar-refractivity contribution is 9.10. The average Bonchev–Trinajstić information content (AvgIpc) is 2.40. The van der Waals surface area contributed by atoms with Crippen molar-refractivity contribution in [1.82, 2.24) is 0 Å². The van der Waals surface area contributed by atoms with Crippen molar-refractivity contribution in [3.63, 3.8) is 0 Å². The van der Waals surface area contributed by atoms with Crippen molar-refractivity contribution in [3.8, 4) is 5.75 Å². The largest absolute Gasteiger partial charge is 0.496 e. The maximum Gasteiger partial charge on any atom is 0.125 e. The van der Waals surface area contributed by atoms with Crippen LogP contribution < -0.4 is 4.74 Å². The fourth-order valence-corrected chi connectivity index (χ4v) is 2.80. The lowest BCUT2D eigenvalue weighted by molar-refractivity contribution is 0.214. The number of aliphatic hydroxyl groups is 1. The molecular weight excluding hydrogens is 372 g/mol. The van der Waals surface area contributed by atoms with Gasteiger partial charge in [-0.1, -0.05) is 49.6 Å². The molecule has 0 aromatic heterocycles. The first kappa shape index (κ1) is 14.6. The lowest BCUT2D eigenvalue weighted by Crippen LogP contribution is -2.03. The van der Waals surface area contributed by atoms with E-state index in [-0.39, 0.29) is 0 Å². The van der Waals surface area contributed by atoms with E-state index in [2.05, 4.69) is 31.9 Å². The first-order valence-electron chi connectivity index (χ1n) is 5.80. The monoisotopic (exact) mass is 384 g/mol. The quantitative estimate of drug-likeness (QED) is 0.835. The zero-order valence-electron chi connectivity index (χ0n) is 10.7. The van der Waals surface area contributed by atoms with E-state index in [0.717, 1.165) is 25.6 Å². The molecule has 4 heteroatoms. The minimum atomic E-state index is -0.735. The van der Waals surface area contributed by atoms with E-state index < -0.39 is 6.10 Å². The van der Waals surface area contributed by atoms with Gasteiger partial charge in [-0.15, -0.1) is 0 Å². The summed E-state index contributed by atoms with van der Waals surface area (Å²) in [6.07, 6.45) is -0.735. The van der Waals surface area contributed by atoms with Gasteiger partial charge in [0.2, 0.25) is 0 Å². The molecule has 0 bridgehead atoms. The Balaban J connectivity index is 2.51. The Kier molecular flexibility index (Phi) is 4.66. The van der Waals surface area contributed by atoms with Gasteiger partial charge in [-0.25, -0.2) is 0 Å². The van der Waals surface area contributed by atoms with E-state index in [1.807, 2.05) is 43.3 Å². The molecule has 1 unspecified atom stereocenters. The first-order chi connectivity index (χ1) is 9.02. The molecule has 2 aromatic rings. The third kappa shape index (κ3) is 3.19. The molecule has 100 valence electrons. The molecule has 2 nitrogen and oxygen atoms in total. The van der Waals surface area contributed by atoms with Crippen LogP contribution in [0.1, 0.15) is 22.8 Å². The number of ether oxygens (including phenoxy) is 1. The molecule has 0 aliphatic rings. The fraction of sp³-hybridized carbons (Fsp3) is 0.200. The Morgan fingerprint density at radius 3 is 2.47 bits per heavy atom. The van der Waals surface area contributed by atoms with E-state index in [1.54, 1.807) is 7.11 Å². The molecule has 0 spiro atoms. The van der Waals surface area contributed by atoms with Gasteiger partial charge in [0.1, 0.15) is 11.9 Å². The van der Waals surface area contributed by atoms with Crippen LogP contribution in [-0.2, 0) is 0 Å². The second kappa shape index (κ2) is 6.07. The zero-order chi connectivity index (χ0) is 14.0. The Bertz CT molecular complexity index is 597. The lowest BCUT2D eigenvalue weighted by atomic mass is 9.99. The number of rotatable bonds is 3. The number of methoxy groups -OCH3 is 1. The second-order valence-electron chi connectivity index (χ2n) is 4.31. The van der Waals surface area contributed by atoms with Gasteiger partial charge < -0.3 is 9.84 Å². The Morgan fingerprint density at radius 2 is 1.79 bits per heavy atom. The van der Waals surface area contributed by atoms with Crippen molar-refractivity contribution in [3.05, 3.63) is 62.0 Å². The van der Waals surface area contributed by atoms with Crippen LogP contribution in [0.5, 0.6) is 5.75 Å². The molecule has 0 heterocycles. The van der Waals surface area contributed by atoms with E-state index in [1.165, 1.54) is 0 Å². The Hall–Kier alpha value is -0.840.